The van der Waals surface area contributed by atoms with E-state index in [1.807, 2.05) is 20.8 Å². The smallest absolute Gasteiger partial charge is 0.307 e. The number of carbonyl (C=O) groups is 2. The zero-order valence-electron chi connectivity index (χ0n) is 14.1. The maximum Gasteiger partial charge on any atom is 0.307 e. The molecule has 0 aliphatic heterocycles. The molecule has 0 radical (unpaired) electrons. The molecule has 0 fully saturated rings. The molecule has 0 amide bonds. The second-order valence-electron chi connectivity index (χ2n) is 7.14. The van der Waals surface area contributed by atoms with Crippen LogP contribution in [0, 0.1) is 11.8 Å². The summed E-state index contributed by atoms with van der Waals surface area (Å²) in [5.41, 5.74) is 0.154. The number of carbonyl (C=O) groups excluding carboxylic acids is 2. The molecule has 0 aromatic rings. The lowest BCUT2D eigenvalue weighted by Gasteiger charge is -2.26. The third-order valence-electron chi connectivity index (χ3n) is 3.30. The van der Waals surface area contributed by atoms with Gasteiger partial charge in [-0.3, -0.25) is 9.59 Å². The minimum atomic E-state index is -0.509. The molecular weight excluding hydrogens is 268 g/mol. The number of ether oxygens (including phenoxy) is 2. The molecule has 1 aliphatic rings. The highest BCUT2D eigenvalue weighted by molar-refractivity contribution is 5.99. The van der Waals surface area contributed by atoms with Gasteiger partial charge < -0.3 is 9.47 Å². The van der Waals surface area contributed by atoms with Crippen molar-refractivity contribution in [3.8, 4) is 0 Å². The minimum Gasteiger partial charge on any atom is -0.497 e. The van der Waals surface area contributed by atoms with Crippen molar-refractivity contribution in [2.45, 2.75) is 66.4 Å². The Balaban J connectivity index is 2.62. The molecular formula is C17H28O4. The Morgan fingerprint density at radius 1 is 1.33 bits per heavy atom. The minimum absolute atomic E-state index is 0.0193. The molecule has 1 rings (SSSR count). The predicted molar refractivity (Wildman–Crippen MR) is 81.7 cm³/mol. The Hall–Kier alpha value is -1.32. The van der Waals surface area contributed by atoms with Crippen LogP contribution in [0.5, 0.6) is 0 Å². The quantitative estimate of drug-likeness (QED) is 0.727. The summed E-state index contributed by atoms with van der Waals surface area (Å²) in [5, 5.41) is 0. The van der Waals surface area contributed by atoms with Gasteiger partial charge in [-0.05, 0) is 40.0 Å². The molecule has 0 saturated carbocycles. The Kier molecular flexibility index (Phi) is 5.99. The van der Waals surface area contributed by atoms with Crippen LogP contribution in [0.3, 0.4) is 0 Å². The fourth-order valence-corrected chi connectivity index (χ4v) is 2.29. The largest absolute Gasteiger partial charge is 0.497 e. The summed E-state index contributed by atoms with van der Waals surface area (Å²) in [7, 11) is 0. The van der Waals surface area contributed by atoms with Gasteiger partial charge in [-0.1, -0.05) is 13.8 Å². The lowest BCUT2D eigenvalue weighted by Crippen LogP contribution is -2.29. The van der Waals surface area contributed by atoms with Crippen molar-refractivity contribution in [3.63, 3.8) is 0 Å². The maximum absolute atomic E-state index is 12.3. The Labute approximate surface area is 127 Å². The Morgan fingerprint density at radius 2 is 1.95 bits per heavy atom. The maximum atomic E-state index is 12.3. The third-order valence-corrected chi connectivity index (χ3v) is 3.30. The van der Waals surface area contributed by atoms with Crippen LogP contribution in [0.2, 0.25) is 0 Å². The van der Waals surface area contributed by atoms with E-state index in [0.29, 0.717) is 24.5 Å². The van der Waals surface area contributed by atoms with Crippen LogP contribution in [0.25, 0.3) is 0 Å². The molecule has 0 spiro atoms. The summed E-state index contributed by atoms with van der Waals surface area (Å²) >= 11 is 0. The number of hydrogen-bond donors (Lipinski definition) is 0. The molecule has 21 heavy (non-hydrogen) atoms. The van der Waals surface area contributed by atoms with Crippen molar-refractivity contribution in [1.29, 1.82) is 0 Å². The van der Waals surface area contributed by atoms with Crippen molar-refractivity contribution >= 4 is 11.8 Å². The van der Waals surface area contributed by atoms with Gasteiger partial charge in [0.05, 0.1) is 13.0 Å². The SMILES string of the molecule is CC1=C(OCC(C)C)CCC(CC(=O)OC(C)(C)C)C1=O. The first kappa shape index (κ1) is 17.7. The fraction of sp³-hybridized carbons (Fsp3) is 0.765. The van der Waals surface area contributed by atoms with E-state index in [1.165, 1.54) is 0 Å². The first-order valence-electron chi connectivity index (χ1n) is 7.68. The van der Waals surface area contributed by atoms with Crippen LogP contribution >= 0.6 is 0 Å². The zero-order valence-corrected chi connectivity index (χ0v) is 14.1. The Morgan fingerprint density at radius 3 is 2.48 bits per heavy atom. The molecule has 120 valence electrons. The molecule has 1 unspecified atom stereocenters. The first-order valence-corrected chi connectivity index (χ1v) is 7.68. The Bertz CT molecular complexity index is 427. The van der Waals surface area contributed by atoms with Gasteiger partial charge in [0.15, 0.2) is 5.78 Å². The monoisotopic (exact) mass is 296 g/mol. The van der Waals surface area contributed by atoms with Gasteiger partial charge in [0.25, 0.3) is 0 Å². The molecule has 0 saturated heterocycles. The third kappa shape index (κ3) is 5.90. The van der Waals surface area contributed by atoms with Gasteiger partial charge in [-0.2, -0.15) is 0 Å². The van der Waals surface area contributed by atoms with E-state index in [2.05, 4.69) is 13.8 Å². The van der Waals surface area contributed by atoms with Gasteiger partial charge in [0.1, 0.15) is 11.4 Å². The van der Waals surface area contributed by atoms with E-state index >= 15 is 0 Å². The number of Topliss-reactive ketones (excluding diaryl/α,β-unsaturated/α-hetero) is 1. The predicted octanol–water partition coefficient (Wildman–Crippen LogP) is 3.64. The van der Waals surface area contributed by atoms with Crippen LogP contribution < -0.4 is 0 Å². The topological polar surface area (TPSA) is 52.6 Å². The summed E-state index contributed by atoms with van der Waals surface area (Å²) in [6, 6.07) is 0. The van der Waals surface area contributed by atoms with E-state index in [0.717, 1.165) is 12.2 Å². The highest BCUT2D eigenvalue weighted by Gasteiger charge is 2.31. The molecule has 4 nitrogen and oxygen atoms in total. The van der Waals surface area contributed by atoms with Crippen molar-refractivity contribution < 1.29 is 19.1 Å². The average molecular weight is 296 g/mol. The first-order chi connectivity index (χ1) is 9.60. The van der Waals surface area contributed by atoms with Crippen LogP contribution in [0.15, 0.2) is 11.3 Å². The lowest BCUT2D eigenvalue weighted by molar-refractivity contribution is -0.157. The van der Waals surface area contributed by atoms with Crippen molar-refractivity contribution in [2.24, 2.45) is 11.8 Å². The molecule has 1 aliphatic carbocycles. The van der Waals surface area contributed by atoms with E-state index in [4.69, 9.17) is 9.47 Å². The van der Waals surface area contributed by atoms with Crippen molar-refractivity contribution in [1.82, 2.24) is 0 Å². The summed E-state index contributed by atoms with van der Waals surface area (Å²) in [6.07, 6.45) is 1.53. The second-order valence-corrected chi connectivity index (χ2v) is 7.14. The summed E-state index contributed by atoms with van der Waals surface area (Å²) in [6.45, 7) is 12.1. The molecule has 1 atom stereocenters. The van der Waals surface area contributed by atoms with Gasteiger partial charge in [0.2, 0.25) is 0 Å². The van der Waals surface area contributed by atoms with Crippen LogP contribution in [0.1, 0.15) is 60.8 Å². The highest BCUT2D eigenvalue weighted by atomic mass is 16.6. The van der Waals surface area contributed by atoms with Crippen molar-refractivity contribution in [2.75, 3.05) is 6.61 Å². The fourth-order valence-electron chi connectivity index (χ4n) is 2.29. The van der Waals surface area contributed by atoms with Gasteiger partial charge in [0, 0.05) is 17.9 Å². The van der Waals surface area contributed by atoms with E-state index < -0.39 is 5.60 Å². The number of hydrogen-bond acceptors (Lipinski definition) is 4. The van der Waals surface area contributed by atoms with E-state index in [9.17, 15) is 9.59 Å². The number of esters is 1. The van der Waals surface area contributed by atoms with Crippen LogP contribution in [0.4, 0.5) is 0 Å². The summed E-state index contributed by atoms with van der Waals surface area (Å²) in [4.78, 5) is 24.2. The van der Waals surface area contributed by atoms with E-state index in [1.54, 1.807) is 6.92 Å². The molecule has 0 bridgehead atoms. The second kappa shape index (κ2) is 7.10. The van der Waals surface area contributed by atoms with Crippen LogP contribution in [-0.2, 0) is 19.1 Å². The molecule has 4 heteroatoms. The molecule has 0 aromatic carbocycles. The standard InChI is InChI=1S/C17H28O4/c1-11(2)10-20-14-8-7-13(16(19)12(14)3)9-15(18)21-17(4,5)6/h11,13H,7-10H2,1-6H3. The molecule has 0 N–H and O–H groups in total. The summed E-state index contributed by atoms with van der Waals surface area (Å²) in [5.74, 6) is 0.659. The lowest BCUT2D eigenvalue weighted by atomic mass is 9.85. The van der Waals surface area contributed by atoms with Gasteiger partial charge in [-0.25, -0.2) is 0 Å². The molecule has 0 heterocycles. The number of allylic oxidation sites excluding steroid dienone is 2. The average Bonchev–Trinajstić information content (AvgIpc) is 2.31. The number of ketones is 1. The van der Waals surface area contributed by atoms with Gasteiger partial charge >= 0.3 is 5.97 Å². The highest BCUT2D eigenvalue weighted by Crippen LogP contribution is 2.30. The number of rotatable bonds is 5. The molecule has 0 aromatic heterocycles. The zero-order chi connectivity index (χ0) is 16.2. The van der Waals surface area contributed by atoms with Gasteiger partial charge in [-0.15, -0.1) is 0 Å². The van der Waals surface area contributed by atoms with Crippen LogP contribution in [-0.4, -0.2) is 24.0 Å². The normalized spacial score (nSPS) is 20.0. The summed E-state index contributed by atoms with van der Waals surface area (Å²) < 4.78 is 11.0. The van der Waals surface area contributed by atoms with Crippen molar-refractivity contribution in [3.05, 3.63) is 11.3 Å². The van der Waals surface area contributed by atoms with E-state index in [-0.39, 0.29) is 24.1 Å².